The molecular weight excluding hydrogens is 298 g/mol. The number of carbonyl (C=O) groups is 1. The Labute approximate surface area is 112 Å². The van der Waals surface area contributed by atoms with Gasteiger partial charge in [-0.2, -0.15) is 0 Å². The Bertz CT molecular complexity index is 546. The van der Waals surface area contributed by atoms with Gasteiger partial charge < -0.3 is 0 Å². The number of non-ortho nitro benzene ring substituents is 1. The summed E-state index contributed by atoms with van der Waals surface area (Å²) in [6, 6.07) is 5.71. The van der Waals surface area contributed by atoms with Crippen LogP contribution >= 0.6 is 15.9 Å². The molecule has 0 bridgehead atoms. The average Bonchev–Trinajstić information content (AvgIpc) is 2.39. The summed E-state index contributed by atoms with van der Waals surface area (Å²) in [4.78, 5) is 22.2. The summed E-state index contributed by atoms with van der Waals surface area (Å²) in [5, 5.41) is 10.5. The van der Waals surface area contributed by atoms with Gasteiger partial charge in [-0.3, -0.25) is 14.9 Å². The van der Waals surface area contributed by atoms with Gasteiger partial charge in [-0.15, -0.1) is 0 Å². The lowest BCUT2D eigenvalue weighted by Crippen LogP contribution is -2.13. The van der Waals surface area contributed by atoms with Gasteiger partial charge >= 0.3 is 0 Å². The van der Waals surface area contributed by atoms with Crippen molar-refractivity contribution in [2.24, 2.45) is 5.92 Å². The topological polar surface area (TPSA) is 60.2 Å². The zero-order chi connectivity index (χ0) is 13.1. The minimum absolute atomic E-state index is 0.00613. The van der Waals surface area contributed by atoms with E-state index in [1.807, 2.05) is 18.2 Å². The first-order valence-electron chi connectivity index (χ1n) is 5.40. The molecule has 0 saturated heterocycles. The normalized spacial score (nSPS) is 18.3. The predicted octanol–water partition coefficient (Wildman–Crippen LogP) is 3.63. The van der Waals surface area contributed by atoms with Gasteiger partial charge in [0.2, 0.25) is 0 Å². The second-order valence-corrected chi connectivity index (χ2v) is 4.87. The third kappa shape index (κ3) is 2.73. The minimum atomic E-state index is -0.478. The molecule has 1 atom stereocenters. The molecule has 1 aliphatic rings. The Balaban J connectivity index is 2.15. The molecule has 0 heterocycles. The molecule has 1 aromatic rings. The van der Waals surface area contributed by atoms with E-state index >= 15 is 0 Å². The second-order valence-electron chi connectivity index (χ2n) is 3.96. The van der Waals surface area contributed by atoms with Crippen molar-refractivity contribution in [3.63, 3.8) is 0 Å². The zero-order valence-corrected chi connectivity index (χ0v) is 11.0. The van der Waals surface area contributed by atoms with Crippen molar-refractivity contribution in [3.05, 3.63) is 62.7 Å². The molecular formula is C13H10BrNO3. The lowest BCUT2D eigenvalue weighted by atomic mass is 9.92. The lowest BCUT2D eigenvalue weighted by molar-refractivity contribution is -0.384. The molecule has 0 saturated carbocycles. The number of ketones is 1. The number of halogens is 1. The predicted molar refractivity (Wildman–Crippen MR) is 71.7 cm³/mol. The SMILES string of the molecule is O=C(c1ccc([N+](=O)[O-])cc1)[C@H]1C=CC(Br)=CC1. The van der Waals surface area contributed by atoms with Crippen LogP contribution in [0.25, 0.3) is 0 Å². The van der Waals surface area contributed by atoms with Crippen LogP contribution in [0, 0.1) is 16.0 Å². The van der Waals surface area contributed by atoms with E-state index in [0.717, 1.165) is 4.48 Å². The van der Waals surface area contributed by atoms with E-state index < -0.39 is 4.92 Å². The molecule has 0 amide bonds. The minimum Gasteiger partial charge on any atom is -0.294 e. The van der Waals surface area contributed by atoms with Crippen LogP contribution in [0.5, 0.6) is 0 Å². The Morgan fingerprint density at radius 1 is 1.33 bits per heavy atom. The fourth-order valence-electron chi connectivity index (χ4n) is 1.75. The first-order valence-corrected chi connectivity index (χ1v) is 6.20. The molecule has 0 fully saturated rings. The number of Topliss-reactive ketones (excluding diaryl/α,β-unsaturated/α-hetero) is 1. The van der Waals surface area contributed by atoms with Crippen molar-refractivity contribution in [1.29, 1.82) is 0 Å². The smallest absolute Gasteiger partial charge is 0.269 e. The van der Waals surface area contributed by atoms with Crippen molar-refractivity contribution in [1.82, 2.24) is 0 Å². The quantitative estimate of drug-likeness (QED) is 0.486. The monoisotopic (exact) mass is 307 g/mol. The summed E-state index contributed by atoms with van der Waals surface area (Å²) in [5.41, 5.74) is 0.495. The van der Waals surface area contributed by atoms with Crippen LogP contribution in [0.3, 0.4) is 0 Å². The number of hydrogen-bond donors (Lipinski definition) is 0. The highest BCUT2D eigenvalue weighted by molar-refractivity contribution is 9.11. The van der Waals surface area contributed by atoms with Gasteiger partial charge in [0, 0.05) is 28.1 Å². The van der Waals surface area contributed by atoms with E-state index in [-0.39, 0.29) is 17.4 Å². The van der Waals surface area contributed by atoms with Gasteiger partial charge in [0.1, 0.15) is 0 Å². The first kappa shape index (κ1) is 12.7. The number of hydrogen-bond acceptors (Lipinski definition) is 3. The Morgan fingerprint density at radius 3 is 2.50 bits per heavy atom. The van der Waals surface area contributed by atoms with Gasteiger partial charge in [0.05, 0.1) is 4.92 Å². The Kier molecular flexibility index (Phi) is 3.72. The fourth-order valence-corrected chi connectivity index (χ4v) is 2.09. The number of nitrogens with zero attached hydrogens (tertiary/aromatic N) is 1. The summed E-state index contributed by atoms with van der Waals surface area (Å²) in [6.07, 6.45) is 6.27. The Hall–Kier alpha value is -1.75. The summed E-state index contributed by atoms with van der Waals surface area (Å²) in [6.45, 7) is 0. The van der Waals surface area contributed by atoms with Gasteiger partial charge in [0.25, 0.3) is 5.69 Å². The molecule has 0 unspecified atom stereocenters. The Morgan fingerprint density at radius 2 is 2.00 bits per heavy atom. The standard InChI is InChI=1S/C13H10BrNO3/c14-11-5-1-9(2-6-11)13(16)10-3-7-12(8-4-10)15(17)18/h1,3-9H,2H2/t9-/m0/s1. The number of carbonyl (C=O) groups excluding carboxylic acids is 1. The molecule has 92 valence electrons. The lowest BCUT2D eigenvalue weighted by Gasteiger charge is -2.12. The van der Waals surface area contributed by atoms with Crippen molar-refractivity contribution in [2.45, 2.75) is 6.42 Å². The maximum atomic E-state index is 12.1. The third-order valence-electron chi connectivity index (χ3n) is 2.75. The molecule has 0 aromatic heterocycles. The molecule has 0 N–H and O–H groups in total. The van der Waals surface area contributed by atoms with Crippen LogP contribution in [-0.4, -0.2) is 10.7 Å². The van der Waals surface area contributed by atoms with Gasteiger partial charge in [-0.05, 0) is 18.6 Å². The number of allylic oxidation sites excluding steroid dienone is 4. The van der Waals surface area contributed by atoms with Crippen molar-refractivity contribution in [2.75, 3.05) is 0 Å². The van der Waals surface area contributed by atoms with Crippen LogP contribution in [0.1, 0.15) is 16.8 Å². The largest absolute Gasteiger partial charge is 0.294 e. The van der Waals surface area contributed by atoms with E-state index in [1.54, 1.807) is 0 Å². The highest BCUT2D eigenvalue weighted by Gasteiger charge is 2.19. The molecule has 1 aromatic carbocycles. The summed E-state index contributed by atoms with van der Waals surface area (Å²) >= 11 is 3.33. The molecule has 5 heteroatoms. The number of nitro benzene ring substituents is 1. The molecule has 18 heavy (non-hydrogen) atoms. The third-order valence-corrected chi connectivity index (χ3v) is 3.34. The van der Waals surface area contributed by atoms with Crippen molar-refractivity contribution in [3.8, 4) is 0 Å². The van der Waals surface area contributed by atoms with Crippen LogP contribution in [0.15, 0.2) is 47.0 Å². The molecule has 4 nitrogen and oxygen atoms in total. The van der Waals surface area contributed by atoms with E-state index in [0.29, 0.717) is 12.0 Å². The molecule has 2 rings (SSSR count). The first-order chi connectivity index (χ1) is 8.58. The maximum Gasteiger partial charge on any atom is 0.269 e. The van der Waals surface area contributed by atoms with Crippen LogP contribution in [-0.2, 0) is 0 Å². The summed E-state index contributed by atoms with van der Waals surface area (Å²) in [7, 11) is 0. The molecule has 0 radical (unpaired) electrons. The van der Waals surface area contributed by atoms with Crippen LogP contribution < -0.4 is 0 Å². The highest BCUT2D eigenvalue weighted by Crippen LogP contribution is 2.24. The maximum absolute atomic E-state index is 12.1. The van der Waals surface area contributed by atoms with Crippen LogP contribution in [0.2, 0.25) is 0 Å². The zero-order valence-electron chi connectivity index (χ0n) is 9.38. The van der Waals surface area contributed by atoms with Crippen LogP contribution in [0.4, 0.5) is 5.69 Å². The fraction of sp³-hybridized carbons (Fsp3) is 0.154. The van der Waals surface area contributed by atoms with Crippen molar-refractivity contribution >= 4 is 27.4 Å². The number of rotatable bonds is 3. The number of benzene rings is 1. The molecule has 1 aliphatic carbocycles. The van der Waals surface area contributed by atoms with Gasteiger partial charge in [-0.25, -0.2) is 0 Å². The molecule has 0 spiro atoms. The summed E-state index contributed by atoms with van der Waals surface area (Å²) in [5.74, 6) is -0.204. The van der Waals surface area contributed by atoms with Gasteiger partial charge in [-0.1, -0.05) is 34.2 Å². The van der Waals surface area contributed by atoms with Gasteiger partial charge in [0.15, 0.2) is 5.78 Å². The highest BCUT2D eigenvalue weighted by atomic mass is 79.9. The van der Waals surface area contributed by atoms with E-state index in [4.69, 9.17) is 0 Å². The number of nitro groups is 1. The molecule has 0 aliphatic heterocycles. The summed E-state index contributed by atoms with van der Waals surface area (Å²) < 4.78 is 0.968. The van der Waals surface area contributed by atoms with Crippen molar-refractivity contribution < 1.29 is 9.72 Å². The van der Waals surface area contributed by atoms with E-state index in [1.165, 1.54) is 24.3 Å². The van der Waals surface area contributed by atoms with E-state index in [2.05, 4.69) is 15.9 Å². The van der Waals surface area contributed by atoms with E-state index in [9.17, 15) is 14.9 Å². The second kappa shape index (κ2) is 5.27. The average molecular weight is 308 g/mol.